The largest absolute Gasteiger partial charge is 0.480 e. The van der Waals surface area contributed by atoms with Gasteiger partial charge in [-0.1, -0.05) is 0 Å². The first kappa shape index (κ1) is 4.66. The topological polar surface area (TPSA) is 128 Å². The fourth-order valence-corrected chi connectivity index (χ4v) is 0.295. The molecule has 2 unspecified atom stereocenters. The van der Waals surface area contributed by atoms with Crippen LogP contribution in [0.3, 0.4) is 0 Å². The second-order valence-electron chi connectivity index (χ2n) is 1.82. The van der Waals surface area contributed by atoms with Crippen LogP contribution in [0.25, 0.3) is 0 Å². The fourth-order valence-electron chi connectivity index (χ4n) is 0.295. The molecule has 6 heteroatoms. The lowest BCUT2D eigenvalue weighted by molar-refractivity contribution is -0.138. The van der Waals surface area contributed by atoms with Gasteiger partial charge in [0.15, 0.2) is 5.96 Å². The molecule has 0 aromatic carbocycles. The van der Waals surface area contributed by atoms with E-state index in [9.17, 15) is 4.79 Å². The summed E-state index contributed by atoms with van der Waals surface area (Å²) < 4.78 is 36.7. The number of hydrogen-bond acceptors (Lipinski definition) is 3. The van der Waals surface area contributed by atoms with Gasteiger partial charge in [-0.2, -0.15) is 0 Å². The van der Waals surface area contributed by atoms with Crippen LogP contribution in [-0.2, 0) is 4.79 Å². The Kier molecular flexibility index (Phi) is 2.08. The minimum absolute atomic E-state index is 0.713. The summed E-state index contributed by atoms with van der Waals surface area (Å²) in [5.74, 6) is -2.33. The molecule has 0 heterocycles. The van der Waals surface area contributed by atoms with E-state index < -0.39 is 37.2 Å². The first-order chi connectivity index (χ1) is 7.43. The number of hydrogen-bond donors (Lipinski definition) is 4. The highest BCUT2D eigenvalue weighted by Crippen LogP contribution is 1.94. The van der Waals surface area contributed by atoms with Crippen LogP contribution >= 0.6 is 0 Å². The van der Waals surface area contributed by atoms with E-state index in [1.165, 1.54) is 0 Å². The number of rotatable bonds is 5. The summed E-state index contributed by atoms with van der Waals surface area (Å²) in [6, 6.07) is -1.89. The lowest BCUT2D eigenvalue weighted by Crippen LogP contribution is -2.30. The van der Waals surface area contributed by atoms with Crippen molar-refractivity contribution in [2.24, 2.45) is 22.2 Å². The van der Waals surface area contributed by atoms with Crippen LogP contribution < -0.4 is 17.2 Å². The molecule has 0 rings (SSSR count). The van der Waals surface area contributed by atoms with Gasteiger partial charge in [0.1, 0.15) is 6.04 Å². The number of nitrogens with zero attached hydrogens (tertiary/aromatic N) is 1. The summed E-state index contributed by atoms with van der Waals surface area (Å²) in [5, 5.41) is 8.54. The van der Waals surface area contributed by atoms with Crippen LogP contribution in [-0.4, -0.2) is 29.6 Å². The van der Waals surface area contributed by atoms with E-state index in [0.29, 0.717) is 0 Å². The van der Waals surface area contributed by atoms with Gasteiger partial charge in [0.2, 0.25) is 0 Å². The lowest BCUT2D eigenvalue weighted by Gasteiger charge is -2.03. The van der Waals surface area contributed by atoms with Crippen molar-refractivity contribution in [1.29, 1.82) is 0 Å². The van der Waals surface area contributed by atoms with Crippen molar-refractivity contribution in [3.05, 3.63) is 0 Å². The molecule has 0 aliphatic carbocycles. The van der Waals surface area contributed by atoms with Crippen molar-refractivity contribution in [2.45, 2.75) is 18.8 Å². The van der Waals surface area contributed by atoms with Crippen molar-refractivity contribution in [2.75, 3.05) is 6.50 Å². The molecule has 0 saturated carbocycles. The number of carboxylic acids is 1. The number of nitrogens with two attached hydrogens (primary N) is 3. The van der Waals surface area contributed by atoms with Crippen molar-refractivity contribution in [3.63, 3.8) is 0 Å². The van der Waals surface area contributed by atoms with Gasteiger partial charge < -0.3 is 22.3 Å². The summed E-state index contributed by atoms with van der Waals surface area (Å²) in [6.07, 6.45) is -5.03. The van der Waals surface area contributed by atoms with E-state index in [-0.39, 0.29) is 0 Å². The first-order valence-electron chi connectivity index (χ1n) is 5.52. The fraction of sp³-hybridized carbons (Fsp3) is 0.667. The minimum Gasteiger partial charge on any atom is -0.480 e. The molecular formula is C6H14N4O2. The SMILES string of the molecule is [2H]C(C(N)C(=O)O)[13C]([2H])([2H])C([2H])([2H])N=C(N)N. The summed E-state index contributed by atoms with van der Waals surface area (Å²) in [6.45, 7) is -2.95. The van der Waals surface area contributed by atoms with Gasteiger partial charge in [-0.3, -0.25) is 9.79 Å². The van der Waals surface area contributed by atoms with Crippen LogP contribution in [0.15, 0.2) is 4.99 Å². The molecule has 6 nitrogen and oxygen atoms in total. The third kappa shape index (κ3) is 5.48. The molecule has 7 N–H and O–H groups in total. The van der Waals surface area contributed by atoms with E-state index in [0.717, 1.165) is 0 Å². The molecule has 0 fully saturated rings. The van der Waals surface area contributed by atoms with E-state index in [2.05, 4.69) is 4.99 Å². The molecule has 0 saturated heterocycles. The maximum absolute atomic E-state index is 10.5. The first-order valence-corrected chi connectivity index (χ1v) is 2.95. The van der Waals surface area contributed by atoms with E-state index in [4.69, 9.17) is 29.2 Å². The zero-order valence-corrected chi connectivity index (χ0v) is 6.19. The maximum atomic E-state index is 10.5. The van der Waals surface area contributed by atoms with Crippen molar-refractivity contribution in [3.8, 4) is 0 Å². The molecular weight excluding hydrogens is 161 g/mol. The molecule has 0 bridgehead atoms. The monoisotopic (exact) mass is 180 g/mol. The quantitative estimate of drug-likeness (QED) is 0.231. The molecule has 0 amide bonds. The Morgan fingerprint density at radius 2 is 2.25 bits per heavy atom. The van der Waals surface area contributed by atoms with E-state index in [1.54, 1.807) is 0 Å². The van der Waals surface area contributed by atoms with Crippen LogP contribution in [0.2, 0.25) is 0 Å². The second-order valence-corrected chi connectivity index (χ2v) is 1.82. The highest BCUT2D eigenvalue weighted by atomic mass is 16.4. The van der Waals surface area contributed by atoms with Crippen LogP contribution in [0.5, 0.6) is 0 Å². The normalized spacial score (nSPS) is 23.2. The average Bonchev–Trinajstić information content (AvgIpc) is 2.12. The third-order valence-corrected chi connectivity index (χ3v) is 0.798. The Hall–Kier alpha value is -1.30. The van der Waals surface area contributed by atoms with Crippen molar-refractivity contribution in [1.82, 2.24) is 0 Å². The van der Waals surface area contributed by atoms with Gasteiger partial charge >= 0.3 is 5.97 Å². The molecule has 0 spiro atoms. The van der Waals surface area contributed by atoms with Crippen LogP contribution in [0.4, 0.5) is 0 Å². The Morgan fingerprint density at radius 1 is 1.67 bits per heavy atom. The Balaban J connectivity index is 5.25. The average molecular weight is 180 g/mol. The highest BCUT2D eigenvalue weighted by molar-refractivity contribution is 5.75. The lowest BCUT2D eigenvalue weighted by atomic mass is 10.3. The predicted molar refractivity (Wildman–Crippen MR) is 45.5 cm³/mol. The summed E-state index contributed by atoms with van der Waals surface area (Å²) in [7, 11) is 0. The van der Waals surface area contributed by atoms with Gasteiger partial charge in [0.25, 0.3) is 0 Å². The summed E-state index contributed by atoms with van der Waals surface area (Å²) in [4.78, 5) is 13.5. The molecule has 12 heavy (non-hydrogen) atoms. The van der Waals surface area contributed by atoms with Gasteiger partial charge in [0.05, 0.1) is 2.74 Å². The molecule has 70 valence electrons. The van der Waals surface area contributed by atoms with Gasteiger partial charge in [0, 0.05) is 10.6 Å². The Morgan fingerprint density at radius 3 is 2.67 bits per heavy atom. The second kappa shape index (κ2) is 5.36. The number of carbonyl (C=O) groups is 1. The van der Waals surface area contributed by atoms with Crippen molar-refractivity contribution < 1.29 is 16.8 Å². The van der Waals surface area contributed by atoms with Crippen LogP contribution in [0.1, 0.15) is 19.6 Å². The number of aliphatic imine (C=N–C) groups is 1. The zero-order chi connectivity index (χ0) is 14.0. The summed E-state index contributed by atoms with van der Waals surface area (Å²) >= 11 is 0. The van der Waals surface area contributed by atoms with Gasteiger partial charge in [-0.05, 0) is 12.8 Å². The smallest absolute Gasteiger partial charge is 0.320 e. The Labute approximate surface area is 77.5 Å². The summed E-state index contributed by atoms with van der Waals surface area (Å²) in [5.41, 5.74) is 14.9. The molecule has 0 aliphatic heterocycles. The maximum Gasteiger partial charge on any atom is 0.320 e. The van der Waals surface area contributed by atoms with Gasteiger partial charge in [-0.15, -0.1) is 0 Å². The predicted octanol–water partition coefficient (Wildman–Crippen LogP) is -1.55. The highest BCUT2D eigenvalue weighted by Gasteiger charge is 2.09. The zero-order valence-electron chi connectivity index (χ0n) is 11.2. The van der Waals surface area contributed by atoms with Crippen molar-refractivity contribution >= 4 is 11.9 Å². The third-order valence-electron chi connectivity index (χ3n) is 0.798. The number of guanidine groups is 1. The standard InChI is InChI=1S/C6H14N4O2/c7-4(5(11)12)2-1-3-10-6(8)9/h4H,1-3,7H2,(H,11,12)(H4,8,9,10)/i1+1D2,2D,3D2. The minimum atomic E-state index is -2.96. The molecule has 0 radical (unpaired) electrons. The number of carboxylic acid groups (broad SMARTS) is 1. The van der Waals surface area contributed by atoms with E-state index in [1.807, 2.05) is 0 Å². The Bertz CT molecular complexity index is 330. The molecule has 2 atom stereocenters. The molecule has 0 aromatic heterocycles. The molecule has 0 aromatic rings. The number of aliphatic carboxylic acids is 1. The van der Waals surface area contributed by atoms with Crippen LogP contribution in [0, 0.1) is 0 Å². The van der Waals surface area contributed by atoms with Gasteiger partial charge in [-0.25, -0.2) is 0 Å². The molecule has 0 aliphatic rings. The van der Waals surface area contributed by atoms with E-state index >= 15 is 0 Å².